The van der Waals surface area contributed by atoms with Gasteiger partial charge in [-0.2, -0.15) is 0 Å². The fourth-order valence-corrected chi connectivity index (χ4v) is 22.4. The molecule has 4 aliphatic rings. The number of pyridine rings is 1. The molecule has 4 aliphatic heterocycles. The first-order valence-electron chi connectivity index (χ1n) is 46.6. The number of halogens is 2. The number of rotatable bonds is 23. The molecule has 0 saturated heterocycles. The Morgan fingerprint density at radius 3 is 1.13 bits per heavy atom. The van der Waals surface area contributed by atoms with Gasteiger partial charge in [-0.05, 0) is 215 Å². The van der Waals surface area contributed by atoms with E-state index in [9.17, 15) is 28.4 Å². The Morgan fingerprint density at radius 1 is 0.399 bits per heavy atom. The van der Waals surface area contributed by atoms with Crippen molar-refractivity contribution >= 4 is 138 Å². The van der Waals surface area contributed by atoms with Crippen LogP contribution in [0.5, 0.6) is 0 Å². The molecule has 0 fully saturated rings. The predicted octanol–water partition coefficient (Wildman–Crippen LogP) is 21.8. The normalized spacial score (nSPS) is 14.5. The van der Waals surface area contributed by atoms with E-state index in [1.807, 2.05) is 179 Å². The fourth-order valence-electron chi connectivity index (χ4n) is 17.4. The monoisotopic (exact) mass is 2010 g/mol. The summed E-state index contributed by atoms with van der Waals surface area (Å²) in [6.07, 6.45) is 4.73. The summed E-state index contributed by atoms with van der Waals surface area (Å²) in [5, 5.41) is 49.0. The number of carbonyl (C=O) groups is 5. The zero-order valence-corrected chi connectivity index (χ0v) is 85.8. The van der Waals surface area contributed by atoms with E-state index in [1.165, 1.54) is 57.0 Å². The minimum absolute atomic E-state index is 0.0356. The number of nitrogens with one attached hydrogen (secondary N) is 3. The number of benzene rings is 7. The first kappa shape index (κ1) is 99.5. The van der Waals surface area contributed by atoms with Gasteiger partial charge in [0.2, 0.25) is 11.8 Å². The van der Waals surface area contributed by atoms with Crippen LogP contribution in [0.2, 0.25) is 5.02 Å². The summed E-state index contributed by atoms with van der Waals surface area (Å²) >= 11 is 12.9. The van der Waals surface area contributed by atoms with Crippen LogP contribution in [-0.2, 0) is 51.1 Å². The molecule has 1 unspecified atom stereocenters. The molecule has 7 aromatic carbocycles. The van der Waals surface area contributed by atoms with Crippen LogP contribution in [0.25, 0.3) is 20.0 Å². The molecule has 13 heterocycles. The standard InChI is InChI=1S/C29H29N5O3S.C28H28FN5O2S.C27H27N5O2S.C24H21ClN6OS/c1-17-18(2)38-29-26(17)27(31-23(16-25(36)37-4)28-33-32-19(3)34(28)29)21-11-13-22(14-12-21)30-24(35)15-10-20-8-6-5-7-9-20;1-6-36-24(35)15-23-27-32-31-18(4)34(27)28-25(16(2)17(3)37-28)26(30-23)19-7-11-21(12-8-19)33(5)22-13-9-20(29)10-14-22;1-16-17(2)35-27-24(16)25(29-22(14-23(33)34-4)26-31-30-18(3)32(26)27)20-10-12-21(13-11-20)28-15-19-8-6-5-7-9-19;1-13-14(2)33-24-21(13)22(16-6-8-17(25)9-7-16)28-19(23-30-29-15(3)31(23)24)11-20(32)27-18-5-4-10-26-12-18/h5-9,11-14,23H,10,15-16H2,1-4H3,(H,30,35);7-14,23H,6,15H2,1-5H3;5-13,22,28H,14-15H2,1-4H3;4-10,12,19H,11H2,1-3H3,(H,27,32)/t2*23-;22-;/m000./s1. The molecule has 29 nitrogen and oxygen atoms in total. The van der Waals surface area contributed by atoms with Crippen LogP contribution >= 0.6 is 56.9 Å². The smallest absolute Gasteiger partial charge is 0.308 e. The van der Waals surface area contributed by atoms with Crippen LogP contribution in [0.4, 0.5) is 32.8 Å². The highest BCUT2D eigenvalue weighted by Gasteiger charge is 2.39. The molecule has 35 heteroatoms. The number of ether oxygens (including phenoxy) is 3. The molecule has 0 bridgehead atoms. The van der Waals surface area contributed by atoms with E-state index in [4.69, 9.17) is 45.8 Å². The van der Waals surface area contributed by atoms with Crippen molar-refractivity contribution in [3.05, 3.63) is 361 Å². The van der Waals surface area contributed by atoms with Gasteiger partial charge in [-0.1, -0.05) is 121 Å². The largest absolute Gasteiger partial charge is 0.469 e. The quantitative estimate of drug-likeness (QED) is 0.0395. The van der Waals surface area contributed by atoms with Gasteiger partial charge in [0.25, 0.3) is 0 Å². The SMILES string of the molecule is CCOC(=O)C[C@@H]1N=C(c2ccc(N(C)c3ccc(F)cc3)cc2)c2c(sc(C)c2C)-n2c(C)nnc21.COC(=O)C[C@@H]1N=C(c2ccc(NC(=O)CCc3ccccc3)cc2)c2c(sc(C)c2C)-n2c(C)nnc21.COC(=O)C[C@@H]1N=C(c2ccc(NCc3ccccc3)cc2)c2c(sc(C)c2C)-n2c(C)nnc21.Cc1sc2c(c1C)C(c1ccc(Cl)cc1)=NC(CC(=O)Nc1cccnc1)c1nnc(C)n1-2. The van der Waals surface area contributed by atoms with E-state index in [1.54, 1.807) is 88.9 Å². The Balaban J connectivity index is 0.000000131. The average molecular weight is 2010 g/mol. The maximum absolute atomic E-state index is 13.4. The number of aryl methyl sites for hydroxylation is 9. The number of methoxy groups -OCH3 is 2. The summed E-state index contributed by atoms with van der Waals surface area (Å²) in [6, 6.07) is 59.9. The van der Waals surface area contributed by atoms with Gasteiger partial charge in [0.15, 0.2) is 23.3 Å². The van der Waals surface area contributed by atoms with Gasteiger partial charge in [-0.15, -0.1) is 86.1 Å². The molecule has 3 N–H and O–H groups in total. The molecule has 143 heavy (non-hydrogen) atoms. The summed E-state index contributed by atoms with van der Waals surface area (Å²) in [4.78, 5) is 93.8. The minimum Gasteiger partial charge on any atom is -0.469 e. The third-order valence-corrected chi connectivity index (χ3v) is 30.4. The average Bonchev–Trinajstić information content (AvgIpc) is 1.60. The molecule has 20 rings (SSSR count). The second kappa shape index (κ2) is 43.6. The maximum atomic E-state index is 13.4. The summed E-state index contributed by atoms with van der Waals surface area (Å²) in [6.45, 7) is 27.3. The Labute approximate surface area is 847 Å². The minimum atomic E-state index is -0.546. The molecule has 0 saturated carbocycles. The number of esters is 3. The van der Waals surface area contributed by atoms with Crippen molar-refractivity contribution in [1.29, 1.82) is 0 Å². The molecule has 728 valence electrons. The number of aliphatic imine (C=N–C) groups is 4. The number of nitrogens with zero attached hydrogens (tertiary/aromatic N) is 18. The number of aromatic nitrogens is 13. The van der Waals surface area contributed by atoms with Crippen molar-refractivity contribution in [3.8, 4) is 20.0 Å². The van der Waals surface area contributed by atoms with Gasteiger partial charge in [0.1, 0.15) is 73.3 Å². The number of anilines is 5. The fraction of sp³-hybridized carbons (Fsp3) is 0.259. The van der Waals surface area contributed by atoms with Crippen LogP contribution in [0.3, 0.4) is 0 Å². The molecule has 4 atom stereocenters. The van der Waals surface area contributed by atoms with Gasteiger partial charge < -0.3 is 35.1 Å². The first-order valence-corrected chi connectivity index (χ1v) is 50.2. The van der Waals surface area contributed by atoms with Crippen LogP contribution in [-0.4, -0.2) is 144 Å². The lowest BCUT2D eigenvalue weighted by atomic mass is 9.99. The molecule has 16 aromatic rings. The van der Waals surface area contributed by atoms with E-state index in [2.05, 4.69) is 154 Å². The Morgan fingerprint density at radius 2 is 0.748 bits per heavy atom. The highest BCUT2D eigenvalue weighted by molar-refractivity contribution is 7.16. The predicted molar refractivity (Wildman–Crippen MR) is 562 cm³/mol. The molecule has 0 radical (unpaired) electrons. The third kappa shape index (κ3) is 21.4. The maximum Gasteiger partial charge on any atom is 0.308 e. The van der Waals surface area contributed by atoms with Gasteiger partial charge in [-0.3, -0.25) is 67.2 Å². The van der Waals surface area contributed by atoms with Crippen LogP contribution < -0.4 is 20.9 Å². The van der Waals surface area contributed by atoms with Crippen LogP contribution in [0.1, 0.15) is 207 Å². The first-order chi connectivity index (χ1) is 69.0. The zero-order chi connectivity index (χ0) is 101. The Kier molecular flexibility index (Phi) is 30.3. The van der Waals surface area contributed by atoms with E-state index < -0.39 is 24.2 Å². The van der Waals surface area contributed by atoms with E-state index in [0.29, 0.717) is 53.5 Å². The molecule has 0 spiro atoms. The van der Waals surface area contributed by atoms with Crippen molar-refractivity contribution in [2.24, 2.45) is 20.0 Å². The summed E-state index contributed by atoms with van der Waals surface area (Å²) in [7, 11) is 4.71. The molecule has 2 amide bonds. The van der Waals surface area contributed by atoms with Gasteiger partial charge in [0.05, 0.1) is 81.2 Å². The number of fused-ring (bicyclic) bond motifs is 12. The van der Waals surface area contributed by atoms with Crippen molar-refractivity contribution in [1.82, 2.24) is 64.0 Å². The lowest BCUT2D eigenvalue weighted by Gasteiger charge is -2.20. The topological polar surface area (TPSA) is 338 Å². The number of hydrogen-bond donors (Lipinski definition) is 3. The number of carbonyl (C=O) groups excluding carboxylic acids is 5. The third-order valence-electron chi connectivity index (χ3n) is 25.4. The number of thiophene rings is 4. The summed E-state index contributed by atoms with van der Waals surface area (Å²) in [5.41, 5.74) is 22.4. The Hall–Kier alpha value is -15.1. The van der Waals surface area contributed by atoms with Crippen molar-refractivity contribution in [2.45, 2.75) is 159 Å². The second-order valence-corrected chi connectivity index (χ2v) is 40.0. The van der Waals surface area contributed by atoms with E-state index >= 15 is 0 Å². The number of amides is 2. The van der Waals surface area contributed by atoms with E-state index in [0.717, 1.165) is 162 Å². The van der Waals surface area contributed by atoms with Gasteiger partial charge in [0, 0.05) is 118 Å². The summed E-state index contributed by atoms with van der Waals surface area (Å²) in [5.74, 6) is 4.10. The van der Waals surface area contributed by atoms with Gasteiger partial charge in [-0.25, -0.2) is 4.39 Å². The van der Waals surface area contributed by atoms with E-state index in [-0.39, 0.29) is 61.2 Å². The van der Waals surface area contributed by atoms with Gasteiger partial charge >= 0.3 is 17.9 Å². The second-order valence-electron chi connectivity index (χ2n) is 34.8. The lowest BCUT2D eigenvalue weighted by molar-refractivity contribution is -0.144. The lowest BCUT2D eigenvalue weighted by Crippen LogP contribution is -2.17. The number of hydrogen-bond acceptors (Lipinski definition) is 27. The van der Waals surface area contributed by atoms with Crippen LogP contribution in [0, 0.1) is 88.9 Å². The highest BCUT2D eigenvalue weighted by atomic mass is 35.5. The van der Waals surface area contributed by atoms with Crippen molar-refractivity contribution in [2.75, 3.05) is 48.7 Å². The zero-order valence-electron chi connectivity index (χ0n) is 81.8. The Bertz CT molecular complexity index is 7570. The molecule has 9 aromatic heterocycles. The molecular weight excluding hydrogens is 1900 g/mol. The summed E-state index contributed by atoms with van der Waals surface area (Å²) < 4.78 is 36.7. The highest BCUT2D eigenvalue weighted by Crippen LogP contribution is 2.46. The molecular formula is C108H105ClFN21O8S4. The molecule has 0 aliphatic carbocycles. The van der Waals surface area contributed by atoms with Crippen LogP contribution in [0.15, 0.2) is 226 Å². The van der Waals surface area contributed by atoms with Crippen molar-refractivity contribution in [3.63, 3.8) is 0 Å². The van der Waals surface area contributed by atoms with Crippen molar-refractivity contribution < 1.29 is 42.6 Å².